The van der Waals surface area contributed by atoms with Gasteiger partial charge in [-0.05, 0) is 65.0 Å². The smallest absolute Gasteiger partial charge is 0.490 e. The van der Waals surface area contributed by atoms with Gasteiger partial charge in [0.15, 0.2) is 5.88 Å². The summed E-state index contributed by atoms with van der Waals surface area (Å²) in [5.74, 6) is 1.04. The highest BCUT2D eigenvalue weighted by Gasteiger charge is 2.31. The maximum absolute atomic E-state index is 12.4. The molecule has 0 unspecified atom stereocenters. The first-order valence-corrected chi connectivity index (χ1v) is 14.2. The Morgan fingerprint density at radius 1 is 0.977 bits per heavy atom. The Morgan fingerprint density at radius 2 is 1.68 bits per heavy atom. The molecule has 0 saturated carbocycles. The van der Waals surface area contributed by atoms with E-state index in [9.17, 15) is 23.3 Å². The Bertz CT molecular complexity index is 1530. The standard InChI is InChI=1S/C30H30F3N5O6/c31-30(32,33)44-25-5-1-21(2-6-25)17-22-10-16-41-28(18-22)36-14-12-35(13-15-36)23-3-7-24(8-4-23)42-20-26-9-11-37-19-27(38(39)40)34-29(37)43-26/h1-8,10,18-19,26H,9,11-17,20H2/t26-/m1/s1. The van der Waals surface area contributed by atoms with Crippen LogP contribution in [0.2, 0.25) is 0 Å². The van der Waals surface area contributed by atoms with E-state index in [2.05, 4.69) is 19.5 Å². The number of nitrogens with zero attached hydrogens (tertiary/aromatic N) is 5. The summed E-state index contributed by atoms with van der Waals surface area (Å²) in [7, 11) is 0. The summed E-state index contributed by atoms with van der Waals surface area (Å²) >= 11 is 0. The summed E-state index contributed by atoms with van der Waals surface area (Å²) in [6.45, 7) is 4.47. The average Bonchev–Trinajstić information content (AvgIpc) is 3.45. The SMILES string of the molecule is O=[N+]([O-])c1cn2c(n1)O[C@@H](COc1ccc(N3CCN(C4=CC(Cc5ccc(OC(F)(F)F)cc5)=CCO4)CC3)cc1)CC2. The van der Waals surface area contributed by atoms with Crippen LogP contribution < -0.4 is 19.1 Å². The van der Waals surface area contributed by atoms with Crippen molar-refractivity contribution in [3.63, 3.8) is 0 Å². The quantitative estimate of drug-likeness (QED) is 0.241. The highest BCUT2D eigenvalue weighted by molar-refractivity contribution is 5.49. The molecule has 0 N–H and O–H groups in total. The lowest BCUT2D eigenvalue weighted by molar-refractivity contribution is -0.389. The molecule has 1 saturated heterocycles. The lowest BCUT2D eigenvalue weighted by atomic mass is 10.0. The van der Waals surface area contributed by atoms with E-state index in [1.54, 1.807) is 16.7 Å². The number of hydrogen-bond acceptors (Lipinski definition) is 9. The van der Waals surface area contributed by atoms with Crippen LogP contribution in [0.3, 0.4) is 0 Å². The van der Waals surface area contributed by atoms with Crippen LogP contribution in [0.15, 0.2) is 78.3 Å². The van der Waals surface area contributed by atoms with E-state index in [1.807, 2.05) is 36.4 Å². The Hall–Kier alpha value is -4.88. The molecule has 4 heterocycles. The van der Waals surface area contributed by atoms with Crippen molar-refractivity contribution in [2.45, 2.75) is 31.9 Å². The first-order valence-electron chi connectivity index (χ1n) is 14.2. The number of piperazine rings is 1. The van der Waals surface area contributed by atoms with Crippen molar-refractivity contribution in [3.05, 3.63) is 94.0 Å². The molecule has 0 amide bonds. The van der Waals surface area contributed by atoms with E-state index in [1.165, 1.54) is 18.3 Å². The van der Waals surface area contributed by atoms with E-state index in [4.69, 9.17) is 14.2 Å². The fraction of sp³-hybridized carbons (Fsp3) is 0.367. The molecule has 14 heteroatoms. The van der Waals surface area contributed by atoms with Crippen molar-refractivity contribution in [2.24, 2.45) is 0 Å². The number of hydrogen-bond donors (Lipinski definition) is 0. The normalized spacial score (nSPS) is 18.4. The number of nitro groups is 1. The van der Waals surface area contributed by atoms with Gasteiger partial charge in [-0.25, -0.2) is 0 Å². The molecule has 11 nitrogen and oxygen atoms in total. The first-order chi connectivity index (χ1) is 21.2. The third-order valence-corrected chi connectivity index (χ3v) is 7.56. The summed E-state index contributed by atoms with van der Waals surface area (Å²) in [6, 6.07) is 14.0. The second kappa shape index (κ2) is 12.4. The Kier molecular flexibility index (Phi) is 8.22. The number of aryl methyl sites for hydroxylation is 1. The second-order valence-corrected chi connectivity index (χ2v) is 10.6. The summed E-state index contributed by atoms with van der Waals surface area (Å²) < 4.78 is 60.5. The van der Waals surface area contributed by atoms with E-state index in [0.29, 0.717) is 38.3 Å². The van der Waals surface area contributed by atoms with Gasteiger partial charge < -0.3 is 38.9 Å². The van der Waals surface area contributed by atoms with Crippen molar-refractivity contribution in [1.29, 1.82) is 0 Å². The van der Waals surface area contributed by atoms with Crippen molar-refractivity contribution >= 4 is 11.5 Å². The molecule has 0 aliphatic carbocycles. The highest BCUT2D eigenvalue weighted by Crippen LogP contribution is 2.28. The lowest BCUT2D eigenvalue weighted by Gasteiger charge is -2.38. The number of allylic oxidation sites excluding steroid dienone is 2. The minimum Gasteiger partial charge on any atom is -0.490 e. The van der Waals surface area contributed by atoms with Crippen LogP contribution in [0.1, 0.15) is 12.0 Å². The molecule has 0 bridgehead atoms. The topological polar surface area (TPSA) is 104 Å². The number of rotatable bonds is 9. The molecule has 3 aromatic rings. The van der Waals surface area contributed by atoms with Crippen LogP contribution in [-0.2, 0) is 17.7 Å². The Morgan fingerprint density at radius 3 is 2.39 bits per heavy atom. The summed E-state index contributed by atoms with van der Waals surface area (Å²) in [5, 5.41) is 11.0. The van der Waals surface area contributed by atoms with Crippen LogP contribution in [0.25, 0.3) is 0 Å². The summed E-state index contributed by atoms with van der Waals surface area (Å²) in [6.07, 6.45) is 1.63. The fourth-order valence-electron chi connectivity index (χ4n) is 5.31. The number of benzene rings is 2. The largest absolute Gasteiger partial charge is 0.573 e. The van der Waals surface area contributed by atoms with Gasteiger partial charge in [0, 0.05) is 55.9 Å². The maximum Gasteiger partial charge on any atom is 0.573 e. The summed E-state index contributed by atoms with van der Waals surface area (Å²) in [5.41, 5.74) is 3.00. The molecule has 1 atom stereocenters. The average molecular weight is 614 g/mol. The van der Waals surface area contributed by atoms with Gasteiger partial charge in [-0.2, -0.15) is 0 Å². The molecule has 2 aromatic carbocycles. The van der Waals surface area contributed by atoms with Crippen molar-refractivity contribution < 1.29 is 37.0 Å². The van der Waals surface area contributed by atoms with Gasteiger partial charge >= 0.3 is 18.2 Å². The van der Waals surface area contributed by atoms with Crippen LogP contribution in [0, 0.1) is 10.1 Å². The Labute approximate surface area is 250 Å². The molecular weight excluding hydrogens is 583 g/mol. The molecular formula is C30H30F3N5O6. The molecule has 3 aliphatic rings. The van der Waals surface area contributed by atoms with Crippen LogP contribution >= 0.6 is 0 Å². The first kappa shape index (κ1) is 29.2. The minimum absolute atomic E-state index is 0.228. The molecule has 0 spiro atoms. The molecule has 232 valence electrons. The predicted molar refractivity (Wildman–Crippen MR) is 153 cm³/mol. The zero-order valence-corrected chi connectivity index (χ0v) is 23.6. The van der Waals surface area contributed by atoms with E-state index >= 15 is 0 Å². The predicted octanol–water partition coefficient (Wildman–Crippen LogP) is 5.08. The van der Waals surface area contributed by atoms with E-state index in [-0.39, 0.29) is 23.7 Å². The van der Waals surface area contributed by atoms with Gasteiger partial charge in [-0.1, -0.05) is 12.1 Å². The van der Waals surface area contributed by atoms with Crippen molar-refractivity contribution in [2.75, 3.05) is 44.3 Å². The van der Waals surface area contributed by atoms with Crippen molar-refractivity contribution in [3.8, 4) is 17.5 Å². The maximum atomic E-state index is 12.4. The van der Waals surface area contributed by atoms with E-state index < -0.39 is 11.3 Å². The molecule has 44 heavy (non-hydrogen) atoms. The number of aromatic nitrogens is 2. The molecule has 1 fully saturated rings. The van der Waals surface area contributed by atoms with Gasteiger partial charge in [-0.15, -0.1) is 13.2 Å². The summed E-state index contributed by atoms with van der Waals surface area (Å²) in [4.78, 5) is 18.8. The van der Waals surface area contributed by atoms with Gasteiger partial charge in [0.25, 0.3) is 0 Å². The van der Waals surface area contributed by atoms with Crippen LogP contribution in [0.5, 0.6) is 17.5 Å². The number of fused-ring (bicyclic) bond motifs is 1. The monoisotopic (exact) mass is 613 g/mol. The third-order valence-electron chi connectivity index (χ3n) is 7.56. The number of alkyl halides is 3. The van der Waals surface area contributed by atoms with Gasteiger partial charge in [-0.3, -0.25) is 4.57 Å². The highest BCUT2D eigenvalue weighted by atomic mass is 19.4. The van der Waals surface area contributed by atoms with E-state index in [0.717, 1.165) is 48.9 Å². The minimum atomic E-state index is -4.71. The van der Waals surface area contributed by atoms with Gasteiger partial charge in [0.1, 0.15) is 37.0 Å². The van der Waals surface area contributed by atoms with Crippen LogP contribution in [0.4, 0.5) is 24.7 Å². The number of imidazole rings is 1. The Balaban J connectivity index is 0.965. The third kappa shape index (κ3) is 7.18. The zero-order valence-electron chi connectivity index (χ0n) is 23.6. The van der Waals surface area contributed by atoms with Crippen LogP contribution in [-0.4, -0.2) is 71.2 Å². The second-order valence-electron chi connectivity index (χ2n) is 10.6. The molecule has 3 aliphatic heterocycles. The number of anilines is 1. The molecule has 6 rings (SSSR count). The molecule has 1 aromatic heterocycles. The van der Waals surface area contributed by atoms with Crippen molar-refractivity contribution in [1.82, 2.24) is 14.5 Å². The van der Waals surface area contributed by atoms with Gasteiger partial charge in [0.2, 0.25) is 0 Å². The molecule has 0 radical (unpaired) electrons. The number of ether oxygens (including phenoxy) is 4. The van der Waals surface area contributed by atoms with Gasteiger partial charge in [0.05, 0.1) is 0 Å². The zero-order chi connectivity index (χ0) is 30.7. The fourth-order valence-corrected chi connectivity index (χ4v) is 5.31. The number of halogens is 3. The lowest BCUT2D eigenvalue weighted by Crippen LogP contribution is -2.46.